The van der Waals surface area contributed by atoms with Gasteiger partial charge in [0.1, 0.15) is 34.2 Å². The smallest absolute Gasteiger partial charge is 0.333 e. The Balaban J connectivity index is 1.82. The second-order valence-corrected chi connectivity index (χ2v) is 10.1. The van der Waals surface area contributed by atoms with Crippen LogP contribution in [0.3, 0.4) is 0 Å². The molecule has 0 saturated carbocycles. The van der Waals surface area contributed by atoms with Crippen molar-refractivity contribution in [1.82, 2.24) is 34.5 Å². The van der Waals surface area contributed by atoms with Gasteiger partial charge in [-0.3, -0.25) is 9.29 Å². The minimum absolute atomic E-state index is 0.0302. The average molecular weight is 551 g/mol. The molecule has 0 aliphatic heterocycles. The minimum Gasteiger partial charge on any atom is -0.494 e. The van der Waals surface area contributed by atoms with Crippen LogP contribution < -0.4 is 14.2 Å². The second kappa shape index (κ2) is 10.7. The molecule has 16 heteroatoms. The zero-order valence-electron chi connectivity index (χ0n) is 20.6. The summed E-state index contributed by atoms with van der Waals surface area (Å²) in [6, 6.07) is 6.08. The van der Waals surface area contributed by atoms with E-state index in [0.29, 0.717) is 4.68 Å². The summed E-state index contributed by atoms with van der Waals surface area (Å²) in [5.74, 6) is -0.0293. The number of methoxy groups -OCH3 is 2. The van der Waals surface area contributed by atoms with Crippen molar-refractivity contribution in [3.63, 3.8) is 0 Å². The van der Waals surface area contributed by atoms with E-state index in [4.69, 9.17) is 9.47 Å². The molecule has 2 unspecified atom stereocenters. The van der Waals surface area contributed by atoms with E-state index in [1.165, 1.54) is 44.2 Å². The summed E-state index contributed by atoms with van der Waals surface area (Å²) < 4.78 is 67.9. The number of ether oxygens (including phenoxy) is 2. The van der Waals surface area contributed by atoms with Crippen molar-refractivity contribution >= 4 is 16.0 Å². The van der Waals surface area contributed by atoms with E-state index in [2.05, 4.69) is 30.0 Å². The largest absolute Gasteiger partial charge is 0.494 e. The number of aromatic nitrogens is 7. The van der Waals surface area contributed by atoms with Gasteiger partial charge < -0.3 is 14.6 Å². The molecular formula is C22H24F2N8O5S. The number of aryl methyl sites for hydroxylation is 1. The number of benzene rings is 1. The van der Waals surface area contributed by atoms with Gasteiger partial charge in [0.2, 0.25) is 16.0 Å². The molecule has 3 aromatic heterocycles. The molecular weight excluding hydrogens is 526 g/mol. The monoisotopic (exact) mass is 550 g/mol. The summed E-state index contributed by atoms with van der Waals surface area (Å²) in [5.41, 5.74) is 0.879. The molecule has 2 N–H and O–H groups in total. The Bertz CT molecular complexity index is 1500. The Labute approximate surface area is 216 Å². The maximum atomic E-state index is 13.3. The van der Waals surface area contributed by atoms with Crippen molar-refractivity contribution in [1.29, 1.82) is 0 Å². The lowest BCUT2D eigenvalue weighted by Gasteiger charge is -2.20. The van der Waals surface area contributed by atoms with Crippen molar-refractivity contribution in [2.45, 2.75) is 31.8 Å². The molecule has 13 nitrogen and oxygen atoms in total. The summed E-state index contributed by atoms with van der Waals surface area (Å²) in [6.07, 6.45) is 2.37. The third-order valence-corrected chi connectivity index (χ3v) is 7.26. The highest BCUT2D eigenvalue weighted by atomic mass is 32.2. The molecule has 0 aliphatic carbocycles. The third-order valence-electron chi connectivity index (χ3n) is 5.56. The first-order valence-electron chi connectivity index (χ1n) is 11.1. The number of hydrogen-bond acceptors (Lipinski definition) is 10. The van der Waals surface area contributed by atoms with E-state index in [1.807, 2.05) is 0 Å². The summed E-state index contributed by atoms with van der Waals surface area (Å²) >= 11 is 0. The van der Waals surface area contributed by atoms with Gasteiger partial charge in [0.05, 0.1) is 14.2 Å². The van der Waals surface area contributed by atoms with E-state index >= 15 is 0 Å². The van der Waals surface area contributed by atoms with Crippen molar-refractivity contribution in [2.75, 3.05) is 18.9 Å². The Kier molecular flexibility index (Phi) is 7.54. The van der Waals surface area contributed by atoms with Crippen LogP contribution in [0, 0.1) is 6.92 Å². The number of rotatable bonds is 10. The zero-order valence-corrected chi connectivity index (χ0v) is 21.5. The summed E-state index contributed by atoms with van der Waals surface area (Å²) in [7, 11) is -1.57. The third kappa shape index (κ3) is 5.12. The van der Waals surface area contributed by atoms with E-state index in [0.717, 1.165) is 11.8 Å². The molecule has 0 fully saturated rings. The molecule has 0 spiro atoms. The molecule has 202 valence electrons. The van der Waals surface area contributed by atoms with Gasteiger partial charge in [-0.25, -0.2) is 23.1 Å². The van der Waals surface area contributed by atoms with Gasteiger partial charge in [0, 0.05) is 18.6 Å². The van der Waals surface area contributed by atoms with Gasteiger partial charge in [-0.15, -0.1) is 10.2 Å². The van der Waals surface area contributed by atoms with Crippen LogP contribution in [0.1, 0.15) is 31.0 Å². The molecule has 0 radical (unpaired) electrons. The molecule has 0 saturated heterocycles. The normalized spacial score (nSPS) is 13.4. The lowest BCUT2D eigenvalue weighted by Crippen LogP contribution is -2.32. The first kappa shape index (κ1) is 26.9. The van der Waals surface area contributed by atoms with Crippen LogP contribution in [0.4, 0.5) is 14.7 Å². The highest BCUT2D eigenvalue weighted by Crippen LogP contribution is 2.37. The molecule has 0 bridgehead atoms. The first-order chi connectivity index (χ1) is 18.1. The topological polar surface area (TPSA) is 159 Å². The number of halogens is 2. The number of nitrogens with one attached hydrogen (secondary N) is 1. The van der Waals surface area contributed by atoms with Crippen LogP contribution in [0.15, 0.2) is 42.9 Å². The van der Waals surface area contributed by atoms with Crippen LogP contribution in [-0.4, -0.2) is 67.5 Å². The Morgan fingerprint density at radius 3 is 2.24 bits per heavy atom. The number of alkyl halides is 2. The number of aliphatic hydroxyl groups is 1. The molecule has 3 heterocycles. The van der Waals surface area contributed by atoms with Crippen molar-refractivity contribution in [2.24, 2.45) is 0 Å². The van der Waals surface area contributed by atoms with Crippen molar-refractivity contribution in [3.05, 3.63) is 54.2 Å². The first-order valence-corrected chi connectivity index (χ1v) is 12.6. The van der Waals surface area contributed by atoms with Gasteiger partial charge in [-0.2, -0.15) is 13.9 Å². The van der Waals surface area contributed by atoms with Crippen LogP contribution >= 0.6 is 0 Å². The predicted octanol–water partition coefficient (Wildman–Crippen LogP) is 2.51. The number of hydrogen-bond donors (Lipinski definition) is 2. The molecule has 4 rings (SSSR count). The standard InChI is InChI=1S/C22H24F2N8O5S/c1-12-10-25-19(26-11-12)18(33)13(2)38(34,35)30-22-28-27-20(14-8-9-31(29-14)21(23)24)32(22)17-15(36-3)6-5-7-16(17)37-4/h5-11,13,18,21,33H,1-4H3,(H,28,30). The highest BCUT2D eigenvalue weighted by Gasteiger charge is 2.34. The molecule has 0 aliphatic rings. The Morgan fingerprint density at radius 2 is 1.68 bits per heavy atom. The minimum atomic E-state index is -4.35. The number of sulfonamides is 1. The molecule has 0 amide bonds. The maximum Gasteiger partial charge on any atom is 0.333 e. The van der Waals surface area contributed by atoms with Crippen molar-refractivity contribution < 1.29 is 31.8 Å². The zero-order chi connectivity index (χ0) is 27.6. The van der Waals surface area contributed by atoms with E-state index in [1.54, 1.807) is 25.1 Å². The van der Waals surface area contributed by atoms with Crippen LogP contribution in [-0.2, 0) is 10.0 Å². The van der Waals surface area contributed by atoms with Gasteiger partial charge in [-0.1, -0.05) is 6.07 Å². The number of anilines is 1. The number of nitrogens with zero attached hydrogens (tertiary/aromatic N) is 7. The highest BCUT2D eigenvalue weighted by molar-refractivity contribution is 7.93. The van der Waals surface area contributed by atoms with Crippen LogP contribution in [0.2, 0.25) is 0 Å². The van der Waals surface area contributed by atoms with Gasteiger partial charge >= 0.3 is 6.55 Å². The molecule has 1 aromatic carbocycles. The van der Waals surface area contributed by atoms with Crippen LogP contribution in [0.5, 0.6) is 11.5 Å². The fraction of sp³-hybridized carbons (Fsp3) is 0.318. The fourth-order valence-electron chi connectivity index (χ4n) is 3.50. The van der Waals surface area contributed by atoms with E-state index < -0.39 is 27.9 Å². The quantitative estimate of drug-likeness (QED) is 0.300. The molecule has 38 heavy (non-hydrogen) atoms. The van der Waals surface area contributed by atoms with Crippen molar-refractivity contribution in [3.8, 4) is 28.7 Å². The molecule has 4 aromatic rings. The number of para-hydroxylation sites is 1. The van der Waals surface area contributed by atoms with Gasteiger partial charge in [-0.05, 0) is 37.6 Å². The van der Waals surface area contributed by atoms with Gasteiger partial charge in [0.15, 0.2) is 11.6 Å². The summed E-state index contributed by atoms with van der Waals surface area (Å²) in [4.78, 5) is 8.00. The predicted molar refractivity (Wildman–Crippen MR) is 131 cm³/mol. The molecule has 2 atom stereocenters. The summed E-state index contributed by atoms with van der Waals surface area (Å²) in [5, 5.41) is 21.0. The maximum absolute atomic E-state index is 13.3. The average Bonchev–Trinajstić information content (AvgIpc) is 3.55. The SMILES string of the molecule is COc1cccc(OC)c1-n1c(NS(=O)(=O)C(C)C(O)c2ncc(C)cn2)nnc1-c1ccn(C(F)F)n1. The second-order valence-electron chi connectivity index (χ2n) is 8.07. The Morgan fingerprint density at radius 1 is 1.05 bits per heavy atom. The lowest BCUT2D eigenvalue weighted by molar-refractivity contribution is 0.0568. The number of aliphatic hydroxyl groups excluding tert-OH is 1. The van der Waals surface area contributed by atoms with Gasteiger partial charge in [0.25, 0.3) is 0 Å². The van der Waals surface area contributed by atoms with Crippen LogP contribution in [0.25, 0.3) is 17.2 Å². The lowest BCUT2D eigenvalue weighted by atomic mass is 10.2. The van der Waals surface area contributed by atoms with E-state index in [-0.39, 0.29) is 40.5 Å². The fourth-order valence-corrected chi connectivity index (χ4v) is 4.53. The van der Waals surface area contributed by atoms with E-state index in [9.17, 15) is 22.3 Å². The Hall–Kier alpha value is -4.18. The summed E-state index contributed by atoms with van der Waals surface area (Å²) in [6.45, 7) is 0.107.